The van der Waals surface area contributed by atoms with Crippen LogP contribution in [0.4, 0.5) is 5.69 Å². The van der Waals surface area contributed by atoms with Gasteiger partial charge >= 0.3 is 0 Å². The molecule has 2 amide bonds. The Morgan fingerprint density at radius 2 is 1.87 bits per heavy atom. The number of amides is 2. The van der Waals surface area contributed by atoms with E-state index < -0.39 is 0 Å². The van der Waals surface area contributed by atoms with Crippen molar-refractivity contribution in [1.29, 1.82) is 0 Å². The average Bonchev–Trinajstić information content (AvgIpc) is 3.42. The molecule has 0 saturated carbocycles. The molecule has 1 saturated heterocycles. The van der Waals surface area contributed by atoms with E-state index in [0.717, 1.165) is 4.88 Å². The first-order valence-electron chi connectivity index (χ1n) is 9.45. The van der Waals surface area contributed by atoms with Crippen LogP contribution in [0.2, 0.25) is 5.02 Å². The Balaban J connectivity index is 1.23. The summed E-state index contributed by atoms with van der Waals surface area (Å²) in [4.78, 5) is 30.8. The quantitative estimate of drug-likeness (QED) is 0.622. The molecular formula is C19H20ClN7O2S. The van der Waals surface area contributed by atoms with Crippen molar-refractivity contribution in [3.05, 3.63) is 46.8 Å². The summed E-state index contributed by atoms with van der Waals surface area (Å²) in [6, 6.07) is 11.0. The van der Waals surface area contributed by atoms with Gasteiger partial charge in [0.25, 0.3) is 0 Å². The van der Waals surface area contributed by atoms with Gasteiger partial charge in [-0.05, 0) is 28.8 Å². The third kappa shape index (κ3) is 5.02. The van der Waals surface area contributed by atoms with Gasteiger partial charge in [0.2, 0.25) is 17.6 Å². The molecule has 0 aliphatic carbocycles. The predicted octanol–water partition coefficient (Wildman–Crippen LogP) is 1.84. The molecule has 1 N–H and O–H groups in total. The summed E-state index contributed by atoms with van der Waals surface area (Å²) in [7, 11) is 0. The maximum absolute atomic E-state index is 12.6. The standard InChI is InChI=1S/C19H20ClN7O2S/c20-14-4-1-2-5-15(14)21-17(28)12-25-7-9-26(10-8-25)18(29)13-27-23-19(22-24-27)16-6-3-11-30-16/h1-6,11H,7-10,12-13H2,(H,21,28). The lowest BCUT2D eigenvalue weighted by atomic mass is 10.3. The number of rotatable bonds is 6. The van der Waals surface area contributed by atoms with Crippen molar-refractivity contribution in [2.45, 2.75) is 6.54 Å². The van der Waals surface area contributed by atoms with Crippen LogP contribution in [0, 0.1) is 0 Å². The average molecular weight is 446 g/mol. The molecule has 1 aromatic carbocycles. The van der Waals surface area contributed by atoms with Crippen molar-refractivity contribution in [2.24, 2.45) is 0 Å². The van der Waals surface area contributed by atoms with Crippen molar-refractivity contribution >= 4 is 40.4 Å². The minimum Gasteiger partial charge on any atom is -0.338 e. The number of benzene rings is 1. The molecule has 4 rings (SSSR count). The van der Waals surface area contributed by atoms with Crippen LogP contribution in [0.3, 0.4) is 0 Å². The van der Waals surface area contributed by atoms with Crippen LogP contribution < -0.4 is 5.32 Å². The molecule has 3 heterocycles. The van der Waals surface area contributed by atoms with Crippen molar-refractivity contribution in [3.63, 3.8) is 0 Å². The monoisotopic (exact) mass is 445 g/mol. The van der Waals surface area contributed by atoms with E-state index in [1.807, 2.05) is 34.5 Å². The van der Waals surface area contributed by atoms with Gasteiger partial charge in [-0.3, -0.25) is 14.5 Å². The number of carbonyl (C=O) groups excluding carboxylic acids is 2. The number of thiophene rings is 1. The first-order valence-corrected chi connectivity index (χ1v) is 10.7. The smallest absolute Gasteiger partial charge is 0.246 e. The molecule has 1 aliphatic rings. The molecule has 0 radical (unpaired) electrons. The first kappa shape index (κ1) is 20.5. The predicted molar refractivity (Wildman–Crippen MR) is 114 cm³/mol. The van der Waals surface area contributed by atoms with Crippen LogP contribution in [0.5, 0.6) is 0 Å². The number of para-hydroxylation sites is 1. The number of nitrogens with one attached hydrogen (secondary N) is 1. The maximum Gasteiger partial charge on any atom is 0.246 e. The largest absolute Gasteiger partial charge is 0.338 e. The summed E-state index contributed by atoms with van der Waals surface area (Å²) in [5.74, 6) is 0.327. The van der Waals surface area contributed by atoms with Crippen LogP contribution in [0.1, 0.15) is 0 Å². The number of tetrazole rings is 1. The number of halogens is 1. The summed E-state index contributed by atoms with van der Waals surface area (Å²) < 4.78 is 0. The van der Waals surface area contributed by atoms with Crippen LogP contribution in [0.15, 0.2) is 41.8 Å². The fraction of sp³-hybridized carbons (Fsp3) is 0.316. The summed E-state index contributed by atoms with van der Waals surface area (Å²) in [6.07, 6.45) is 0. The molecule has 11 heteroatoms. The van der Waals surface area contributed by atoms with Gasteiger partial charge in [-0.25, -0.2) is 0 Å². The molecule has 0 unspecified atom stereocenters. The van der Waals surface area contributed by atoms with E-state index in [-0.39, 0.29) is 24.9 Å². The van der Waals surface area contributed by atoms with Crippen molar-refractivity contribution in [1.82, 2.24) is 30.0 Å². The summed E-state index contributed by atoms with van der Waals surface area (Å²) in [6.45, 7) is 2.63. The van der Waals surface area contributed by atoms with E-state index in [4.69, 9.17) is 11.6 Å². The van der Waals surface area contributed by atoms with Gasteiger partial charge in [0.05, 0.1) is 22.1 Å². The van der Waals surface area contributed by atoms with Gasteiger partial charge in [-0.15, -0.1) is 21.5 Å². The van der Waals surface area contributed by atoms with E-state index in [0.29, 0.717) is 42.7 Å². The Morgan fingerprint density at radius 1 is 1.07 bits per heavy atom. The normalized spacial score (nSPS) is 14.6. The molecule has 0 bridgehead atoms. The van der Waals surface area contributed by atoms with Crippen molar-refractivity contribution in [2.75, 3.05) is 38.0 Å². The van der Waals surface area contributed by atoms with E-state index in [1.165, 1.54) is 16.1 Å². The highest BCUT2D eigenvalue weighted by Gasteiger charge is 2.23. The molecule has 9 nitrogen and oxygen atoms in total. The topological polar surface area (TPSA) is 96.3 Å². The highest BCUT2D eigenvalue weighted by molar-refractivity contribution is 7.13. The molecule has 0 atom stereocenters. The van der Waals surface area contributed by atoms with E-state index in [2.05, 4.69) is 20.7 Å². The second-order valence-electron chi connectivity index (χ2n) is 6.81. The zero-order valence-electron chi connectivity index (χ0n) is 16.1. The lowest BCUT2D eigenvalue weighted by molar-refractivity contribution is -0.134. The maximum atomic E-state index is 12.6. The van der Waals surface area contributed by atoms with Gasteiger partial charge in [-0.2, -0.15) is 4.80 Å². The van der Waals surface area contributed by atoms with Gasteiger partial charge in [-0.1, -0.05) is 29.8 Å². The SMILES string of the molecule is O=C(CN1CCN(C(=O)Cn2nnc(-c3cccs3)n2)CC1)Nc1ccccc1Cl. The van der Waals surface area contributed by atoms with Crippen LogP contribution in [-0.2, 0) is 16.1 Å². The minimum atomic E-state index is -0.129. The zero-order chi connectivity index (χ0) is 20.9. The highest BCUT2D eigenvalue weighted by Crippen LogP contribution is 2.21. The summed E-state index contributed by atoms with van der Waals surface area (Å²) in [5.41, 5.74) is 0.597. The summed E-state index contributed by atoms with van der Waals surface area (Å²) >= 11 is 7.60. The second kappa shape index (κ2) is 9.33. The molecule has 3 aromatic rings. The number of piperazine rings is 1. The first-order chi connectivity index (χ1) is 14.6. The van der Waals surface area contributed by atoms with Gasteiger partial charge in [0.15, 0.2) is 0 Å². The fourth-order valence-electron chi connectivity index (χ4n) is 3.15. The van der Waals surface area contributed by atoms with Gasteiger partial charge in [0.1, 0.15) is 6.54 Å². The minimum absolute atomic E-state index is 0.0470. The van der Waals surface area contributed by atoms with E-state index in [9.17, 15) is 9.59 Å². The molecular weight excluding hydrogens is 426 g/mol. The molecule has 0 spiro atoms. The van der Waals surface area contributed by atoms with E-state index >= 15 is 0 Å². The number of aromatic nitrogens is 4. The molecule has 2 aromatic heterocycles. The third-order valence-corrected chi connectivity index (χ3v) is 5.91. The lowest BCUT2D eigenvalue weighted by Gasteiger charge is -2.34. The van der Waals surface area contributed by atoms with Crippen LogP contribution in [0.25, 0.3) is 10.7 Å². The van der Waals surface area contributed by atoms with Crippen molar-refractivity contribution < 1.29 is 9.59 Å². The number of hydrogen-bond donors (Lipinski definition) is 1. The Labute approximate surface area is 182 Å². The summed E-state index contributed by atoms with van der Waals surface area (Å²) in [5, 5.41) is 17.5. The Morgan fingerprint density at radius 3 is 2.60 bits per heavy atom. The molecule has 1 aliphatic heterocycles. The molecule has 30 heavy (non-hydrogen) atoms. The number of anilines is 1. The van der Waals surface area contributed by atoms with Crippen molar-refractivity contribution in [3.8, 4) is 10.7 Å². The van der Waals surface area contributed by atoms with Gasteiger partial charge in [0, 0.05) is 26.2 Å². The second-order valence-corrected chi connectivity index (χ2v) is 8.16. The Kier molecular flexibility index (Phi) is 6.36. The number of hydrogen-bond acceptors (Lipinski definition) is 7. The fourth-order valence-corrected chi connectivity index (χ4v) is 3.98. The van der Waals surface area contributed by atoms with E-state index in [1.54, 1.807) is 17.0 Å². The molecule has 156 valence electrons. The molecule has 1 fully saturated rings. The number of nitrogens with zero attached hydrogens (tertiary/aromatic N) is 6. The Hall–Kier alpha value is -2.82. The Bertz CT molecular complexity index is 1020. The van der Waals surface area contributed by atoms with Crippen LogP contribution in [-0.4, -0.2) is 74.5 Å². The highest BCUT2D eigenvalue weighted by atomic mass is 35.5. The van der Waals surface area contributed by atoms with Crippen LogP contribution >= 0.6 is 22.9 Å². The third-order valence-electron chi connectivity index (χ3n) is 4.71. The zero-order valence-corrected chi connectivity index (χ0v) is 17.6. The number of carbonyl (C=O) groups is 2. The lowest BCUT2D eigenvalue weighted by Crippen LogP contribution is -2.51. The van der Waals surface area contributed by atoms with Gasteiger partial charge < -0.3 is 10.2 Å².